The molecule has 0 aliphatic carbocycles. The van der Waals surface area contributed by atoms with E-state index in [-0.39, 0.29) is 18.8 Å². The van der Waals surface area contributed by atoms with Gasteiger partial charge in [-0.15, -0.1) is 0 Å². The second-order valence-electron chi connectivity index (χ2n) is 3.52. The normalized spacial score (nSPS) is 9.63. The quantitative estimate of drug-likeness (QED) is 0.361. The van der Waals surface area contributed by atoms with Crippen molar-refractivity contribution in [1.82, 2.24) is 0 Å². The Morgan fingerprint density at radius 2 is 1.63 bits per heavy atom. The van der Waals surface area contributed by atoms with E-state index in [0.717, 1.165) is 0 Å². The molecule has 5 heteroatoms. The zero-order valence-corrected chi connectivity index (χ0v) is 11.6. The number of hydrogen-bond acceptors (Lipinski definition) is 4. The van der Waals surface area contributed by atoms with Crippen molar-refractivity contribution in [3.8, 4) is 0 Å². The first-order valence-electron chi connectivity index (χ1n) is 5.90. The maximum Gasteiger partial charge on any atom is 0.345 e. The van der Waals surface area contributed by atoms with Crippen LogP contribution in [-0.4, -0.2) is 25.2 Å². The predicted molar refractivity (Wildman–Crippen MR) is 72.7 cm³/mol. The maximum atomic E-state index is 11.7. The lowest BCUT2D eigenvalue weighted by Crippen LogP contribution is -2.18. The second kappa shape index (κ2) is 7.59. The Kier molecular flexibility index (Phi) is 6.09. The van der Waals surface area contributed by atoms with Gasteiger partial charge in [0.15, 0.2) is 0 Å². The fraction of sp³-hybridized carbons (Fsp3) is 0.286. The molecule has 0 N–H and O–H groups in total. The van der Waals surface area contributed by atoms with Crippen molar-refractivity contribution in [1.29, 1.82) is 0 Å². The summed E-state index contributed by atoms with van der Waals surface area (Å²) in [6.45, 7) is 3.68. The van der Waals surface area contributed by atoms with E-state index in [2.05, 4.69) is 0 Å². The largest absolute Gasteiger partial charge is 0.462 e. The van der Waals surface area contributed by atoms with Crippen molar-refractivity contribution in [2.45, 2.75) is 13.8 Å². The molecule has 0 aromatic heterocycles. The standard InChI is InChI=1S/C14H15ClO4/c1-3-18-13(16)11(14(17)19-4-2)9-10-7-5-6-8-12(10)15/h5-9H,3-4H2,1-2H3. The third kappa shape index (κ3) is 4.41. The molecule has 0 bridgehead atoms. The van der Waals surface area contributed by atoms with Crippen LogP contribution in [0.3, 0.4) is 0 Å². The summed E-state index contributed by atoms with van der Waals surface area (Å²) >= 11 is 5.98. The molecule has 1 rings (SSSR count). The zero-order valence-electron chi connectivity index (χ0n) is 10.8. The third-order valence-corrected chi connectivity index (χ3v) is 2.54. The van der Waals surface area contributed by atoms with Gasteiger partial charge in [-0.1, -0.05) is 29.8 Å². The first-order valence-corrected chi connectivity index (χ1v) is 6.28. The summed E-state index contributed by atoms with van der Waals surface area (Å²) in [5, 5.41) is 0.439. The second-order valence-corrected chi connectivity index (χ2v) is 3.93. The minimum atomic E-state index is -0.721. The number of hydrogen-bond donors (Lipinski definition) is 0. The molecule has 102 valence electrons. The van der Waals surface area contributed by atoms with Crippen LogP contribution in [0.15, 0.2) is 29.8 Å². The summed E-state index contributed by atoms with van der Waals surface area (Å²) in [5.41, 5.74) is 0.386. The molecule has 0 heterocycles. The van der Waals surface area contributed by atoms with Gasteiger partial charge in [-0.05, 0) is 31.6 Å². The van der Waals surface area contributed by atoms with Gasteiger partial charge in [0.2, 0.25) is 0 Å². The van der Waals surface area contributed by atoms with Crippen LogP contribution < -0.4 is 0 Å². The SMILES string of the molecule is CCOC(=O)C(=Cc1ccccc1Cl)C(=O)OCC. The van der Waals surface area contributed by atoms with Crippen molar-refractivity contribution >= 4 is 29.6 Å². The van der Waals surface area contributed by atoms with Gasteiger partial charge in [0.25, 0.3) is 0 Å². The highest BCUT2D eigenvalue weighted by Gasteiger charge is 2.21. The molecule has 19 heavy (non-hydrogen) atoms. The maximum absolute atomic E-state index is 11.7. The Bertz CT molecular complexity index is 474. The van der Waals surface area contributed by atoms with E-state index in [4.69, 9.17) is 21.1 Å². The molecule has 0 saturated heterocycles. The number of carbonyl (C=O) groups is 2. The van der Waals surface area contributed by atoms with E-state index in [1.54, 1.807) is 38.1 Å². The average molecular weight is 283 g/mol. The minimum Gasteiger partial charge on any atom is -0.462 e. The fourth-order valence-electron chi connectivity index (χ4n) is 1.37. The minimum absolute atomic E-state index is 0.170. The molecule has 0 radical (unpaired) electrons. The summed E-state index contributed by atoms with van der Waals surface area (Å²) < 4.78 is 9.66. The molecule has 1 aromatic carbocycles. The Hall–Kier alpha value is -1.81. The monoisotopic (exact) mass is 282 g/mol. The van der Waals surface area contributed by atoms with Gasteiger partial charge < -0.3 is 9.47 Å². The molecule has 4 nitrogen and oxygen atoms in total. The third-order valence-electron chi connectivity index (χ3n) is 2.20. The van der Waals surface area contributed by atoms with Crippen LogP contribution in [0.4, 0.5) is 0 Å². The van der Waals surface area contributed by atoms with Gasteiger partial charge in [0.05, 0.1) is 13.2 Å². The molecule has 0 aliphatic heterocycles. The number of rotatable bonds is 5. The lowest BCUT2D eigenvalue weighted by molar-refractivity contribution is -0.146. The number of ether oxygens (including phenoxy) is 2. The van der Waals surface area contributed by atoms with E-state index in [0.29, 0.717) is 10.6 Å². The average Bonchev–Trinajstić information content (AvgIpc) is 2.38. The lowest BCUT2D eigenvalue weighted by Gasteiger charge is -2.07. The predicted octanol–water partition coefficient (Wildman–Crippen LogP) is 2.85. The van der Waals surface area contributed by atoms with E-state index in [1.165, 1.54) is 6.08 Å². The Morgan fingerprint density at radius 3 is 2.11 bits per heavy atom. The first kappa shape index (κ1) is 15.2. The van der Waals surface area contributed by atoms with Crippen LogP contribution in [-0.2, 0) is 19.1 Å². The molecular weight excluding hydrogens is 268 g/mol. The summed E-state index contributed by atoms with van der Waals surface area (Å²) in [7, 11) is 0. The van der Waals surface area contributed by atoms with Crippen LogP contribution in [0, 0.1) is 0 Å². The van der Waals surface area contributed by atoms with Crippen molar-refractivity contribution in [2.24, 2.45) is 0 Å². The van der Waals surface area contributed by atoms with Gasteiger partial charge in [0, 0.05) is 5.02 Å². The van der Waals surface area contributed by atoms with Crippen LogP contribution >= 0.6 is 11.6 Å². The Balaban J connectivity index is 3.12. The molecule has 0 aliphatic rings. The highest BCUT2D eigenvalue weighted by atomic mass is 35.5. The molecule has 0 saturated carbocycles. The van der Waals surface area contributed by atoms with Crippen LogP contribution in [0.2, 0.25) is 5.02 Å². The van der Waals surface area contributed by atoms with Crippen molar-refractivity contribution in [3.05, 3.63) is 40.4 Å². The van der Waals surface area contributed by atoms with E-state index < -0.39 is 11.9 Å². The highest BCUT2D eigenvalue weighted by Crippen LogP contribution is 2.19. The smallest absolute Gasteiger partial charge is 0.345 e. The number of halogens is 1. The number of carbonyl (C=O) groups excluding carboxylic acids is 2. The van der Waals surface area contributed by atoms with Gasteiger partial charge in [-0.2, -0.15) is 0 Å². The topological polar surface area (TPSA) is 52.6 Å². The molecule has 0 fully saturated rings. The van der Waals surface area contributed by atoms with Gasteiger partial charge in [-0.25, -0.2) is 9.59 Å². The Morgan fingerprint density at radius 1 is 1.11 bits per heavy atom. The molecule has 1 aromatic rings. The lowest BCUT2D eigenvalue weighted by atomic mass is 10.1. The van der Waals surface area contributed by atoms with Crippen LogP contribution in [0.5, 0.6) is 0 Å². The summed E-state index contributed by atoms with van der Waals surface area (Å²) in [4.78, 5) is 23.5. The summed E-state index contributed by atoms with van der Waals surface area (Å²) in [6, 6.07) is 6.88. The number of esters is 2. The summed E-state index contributed by atoms with van der Waals surface area (Å²) in [6.07, 6.45) is 1.37. The molecule has 0 unspecified atom stereocenters. The first-order chi connectivity index (χ1) is 9.10. The number of benzene rings is 1. The van der Waals surface area contributed by atoms with Crippen molar-refractivity contribution in [3.63, 3.8) is 0 Å². The molecule has 0 atom stereocenters. The highest BCUT2D eigenvalue weighted by molar-refractivity contribution is 6.32. The molecule has 0 spiro atoms. The van der Waals surface area contributed by atoms with E-state index in [1.807, 2.05) is 0 Å². The van der Waals surface area contributed by atoms with Gasteiger partial charge >= 0.3 is 11.9 Å². The van der Waals surface area contributed by atoms with Crippen LogP contribution in [0.1, 0.15) is 19.4 Å². The molecule has 0 amide bonds. The van der Waals surface area contributed by atoms with Crippen molar-refractivity contribution < 1.29 is 19.1 Å². The van der Waals surface area contributed by atoms with E-state index in [9.17, 15) is 9.59 Å². The van der Waals surface area contributed by atoms with Gasteiger partial charge in [0.1, 0.15) is 5.57 Å². The fourth-order valence-corrected chi connectivity index (χ4v) is 1.56. The Labute approximate surface area is 117 Å². The zero-order chi connectivity index (χ0) is 14.3. The summed E-state index contributed by atoms with van der Waals surface area (Å²) in [5.74, 6) is -1.44. The van der Waals surface area contributed by atoms with E-state index >= 15 is 0 Å². The molecular formula is C14H15ClO4. The van der Waals surface area contributed by atoms with Crippen LogP contribution in [0.25, 0.3) is 6.08 Å². The van der Waals surface area contributed by atoms with Crippen molar-refractivity contribution in [2.75, 3.05) is 13.2 Å². The van der Waals surface area contributed by atoms with Gasteiger partial charge in [-0.3, -0.25) is 0 Å².